The monoisotopic (exact) mass is 276 g/mol. The molecule has 2 rings (SSSR count). The van der Waals surface area contributed by atoms with Crippen molar-refractivity contribution in [3.63, 3.8) is 0 Å². The zero-order valence-electron chi connectivity index (χ0n) is 10.6. The Hall–Kier alpha value is -0.660. The summed E-state index contributed by atoms with van der Waals surface area (Å²) in [6.07, 6.45) is 0.497. The summed E-state index contributed by atoms with van der Waals surface area (Å²) in [5, 5.41) is 3.28. The lowest BCUT2D eigenvalue weighted by molar-refractivity contribution is -0.140. The second-order valence-corrected chi connectivity index (χ2v) is 7.08. The third-order valence-electron chi connectivity index (χ3n) is 3.76. The normalized spacial score (nSPS) is 28.3. The molecule has 2 aliphatic rings. The van der Waals surface area contributed by atoms with Crippen molar-refractivity contribution in [3.8, 4) is 0 Å². The van der Waals surface area contributed by atoms with E-state index in [4.69, 9.17) is 0 Å². The van der Waals surface area contributed by atoms with Crippen molar-refractivity contribution in [1.29, 1.82) is 0 Å². The van der Waals surface area contributed by atoms with Crippen molar-refractivity contribution in [2.75, 3.05) is 39.0 Å². The van der Waals surface area contributed by atoms with Gasteiger partial charge in [0.05, 0.1) is 12.9 Å². The number of rotatable bonds is 5. The zero-order chi connectivity index (χ0) is 13.2. The molecule has 6 nitrogen and oxygen atoms in total. The predicted molar refractivity (Wildman–Crippen MR) is 66.5 cm³/mol. The van der Waals surface area contributed by atoms with E-state index in [1.807, 2.05) is 0 Å². The van der Waals surface area contributed by atoms with E-state index in [0.717, 1.165) is 13.1 Å². The van der Waals surface area contributed by atoms with E-state index in [1.54, 1.807) is 4.31 Å². The maximum Gasteiger partial charge on any atom is 0.305 e. The van der Waals surface area contributed by atoms with E-state index >= 15 is 0 Å². The summed E-state index contributed by atoms with van der Waals surface area (Å²) in [5.74, 6) is 0.600. The summed E-state index contributed by atoms with van der Waals surface area (Å²) in [6.45, 7) is 3.08. The summed E-state index contributed by atoms with van der Waals surface area (Å²) in [7, 11) is -1.90. The van der Waals surface area contributed by atoms with Gasteiger partial charge in [0.1, 0.15) is 0 Å². The van der Waals surface area contributed by atoms with Gasteiger partial charge in [0.25, 0.3) is 0 Å². The van der Waals surface area contributed by atoms with Crippen LogP contribution >= 0.6 is 0 Å². The van der Waals surface area contributed by atoms with Gasteiger partial charge in [-0.3, -0.25) is 4.79 Å². The average molecular weight is 276 g/mol. The molecule has 0 unspecified atom stereocenters. The standard InChI is InChI=1S/C11H20N2O4S/c1-17-11(14)3-2-4-18(15,16)13-7-9-5-12-6-10(9)8-13/h9-10,12H,2-8H2,1H3/t9-,10+. The number of hydrogen-bond acceptors (Lipinski definition) is 5. The highest BCUT2D eigenvalue weighted by atomic mass is 32.2. The predicted octanol–water partition coefficient (Wildman–Crippen LogP) is -0.579. The van der Waals surface area contributed by atoms with Crippen LogP contribution < -0.4 is 5.32 Å². The molecule has 0 aromatic carbocycles. The molecule has 0 aromatic heterocycles. The van der Waals surface area contributed by atoms with Crippen LogP contribution in [0.1, 0.15) is 12.8 Å². The molecule has 18 heavy (non-hydrogen) atoms. The number of fused-ring (bicyclic) bond motifs is 1. The van der Waals surface area contributed by atoms with Gasteiger partial charge in [-0.15, -0.1) is 0 Å². The zero-order valence-corrected chi connectivity index (χ0v) is 11.4. The van der Waals surface area contributed by atoms with Crippen molar-refractivity contribution in [2.24, 2.45) is 11.8 Å². The molecule has 0 radical (unpaired) electrons. The van der Waals surface area contributed by atoms with Gasteiger partial charge in [0, 0.05) is 19.5 Å². The first-order chi connectivity index (χ1) is 8.53. The first kappa shape index (κ1) is 13.8. The number of methoxy groups -OCH3 is 1. The molecule has 2 aliphatic heterocycles. The molecular formula is C11H20N2O4S. The summed E-state index contributed by atoms with van der Waals surface area (Å²) in [5.41, 5.74) is 0. The number of nitrogens with one attached hydrogen (secondary N) is 1. The van der Waals surface area contributed by atoms with Crippen molar-refractivity contribution >= 4 is 16.0 Å². The SMILES string of the molecule is COC(=O)CCCS(=O)(=O)N1C[C@H]2CNC[C@H]2C1. The molecule has 0 aliphatic carbocycles. The molecule has 2 fully saturated rings. The third-order valence-corrected chi connectivity index (χ3v) is 5.65. The minimum absolute atomic E-state index is 0.0367. The van der Waals surface area contributed by atoms with E-state index in [9.17, 15) is 13.2 Å². The highest BCUT2D eigenvalue weighted by Crippen LogP contribution is 2.28. The van der Waals surface area contributed by atoms with Gasteiger partial charge in [0.15, 0.2) is 0 Å². The molecule has 0 saturated carbocycles. The summed E-state index contributed by atoms with van der Waals surface area (Å²) in [6, 6.07) is 0. The molecule has 0 amide bonds. The molecular weight excluding hydrogens is 256 g/mol. The Morgan fingerprint density at radius 3 is 2.50 bits per heavy atom. The molecule has 0 bridgehead atoms. The number of carbonyl (C=O) groups excluding carboxylic acids is 1. The Kier molecular flexibility index (Phi) is 4.24. The summed E-state index contributed by atoms with van der Waals surface area (Å²) in [4.78, 5) is 10.9. The Balaban J connectivity index is 1.82. The van der Waals surface area contributed by atoms with Gasteiger partial charge in [-0.2, -0.15) is 0 Å². The van der Waals surface area contributed by atoms with Gasteiger partial charge >= 0.3 is 5.97 Å². The van der Waals surface area contributed by atoms with Crippen LogP contribution in [-0.4, -0.2) is 57.7 Å². The van der Waals surface area contributed by atoms with E-state index < -0.39 is 10.0 Å². The van der Waals surface area contributed by atoms with Crippen LogP contribution in [0.5, 0.6) is 0 Å². The number of nitrogens with zero attached hydrogens (tertiary/aromatic N) is 1. The van der Waals surface area contributed by atoms with Crippen molar-refractivity contribution in [3.05, 3.63) is 0 Å². The van der Waals surface area contributed by atoms with E-state index in [-0.39, 0.29) is 18.1 Å². The largest absolute Gasteiger partial charge is 0.469 e. The maximum atomic E-state index is 12.1. The maximum absolute atomic E-state index is 12.1. The van der Waals surface area contributed by atoms with Gasteiger partial charge in [0.2, 0.25) is 10.0 Å². The van der Waals surface area contributed by atoms with Crippen LogP contribution in [0, 0.1) is 11.8 Å². The third kappa shape index (κ3) is 3.02. The van der Waals surface area contributed by atoms with Gasteiger partial charge in [-0.25, -0.2) is 12.7 Å². The van der Waals surface area contributed by atoms with Crippen LogP contribution in [0.3, 0.4) is 0 Å². The van der Waals surface area contributed by atoms with E-state index in [1.165, 1.54) is 7.11 Å². The minimum Gasteiger partial charge on any atom is -0.469 e. The summed E-state index contributed by atoms with van der Waals surface area (Å²) < 4.78 is 30.3. The van der Waals surface area contributed by atoms with Crippen LogP contribution in [-0.2, 0) is 19.6 Å². The lowest BCUT2D eigenvalue weighted by atomic mass is 10.0. The molecule has 2 heterocycles. The van der Waals surface area contributed by atoms with Crippen LogP contribution in [0.25, 0.3) is 0 Å². The fraction of sp³-hybridized carbons (Fsp3) is 0.909. The number of carbonyl (C=O) groups is 1. The van der Waals surface area contributed by atoms with Crippen LogP contribution in [0.4, 0.5) is 0 Å². The molecule has 2 saturated heterocycles. The average Bonchev–Trinajstić information content (AvgIpc) is 2.88. The van der Waals surface area contributed by atoms with Crippen molar-refractivity contribution in [1.82, 2.24) is 9.62 Å². The highest BCUT2D eigenvalue weighted by molar-refractivity contribution is 7.89. The molecule has 7 heteroatoms. The Morgan fingerprint density at radius 2 is 1.94 bits per heavy atom. The molecule has 2 atom stereocenters. The van der Waals surface area contributed by atoms with Gasteiger partial charge in [-0.1, -0.05) is 0 Å². The smallest absolute Gasteiger partial charge is 0.305 e. The van der Waals surface area contributed by atoms with Crippen molar-refractivity contribution < 1.29 is 17.9 Å². The molecule has 104 valence electrons. The molecule has 0 spiro atoms. The first-order valence-electron chi connectivity index (χ1n) is 6.28. The van der Waals surface area contributed by atoms with E-state index in [2.05, 4.69) is 10.1 Å². The van der Waals surface area contributed by atoms with E-state index in [0.29, 0.717) is 31.3 Å². The van der Waals surface area contributed by atoms with Gasteiger partial charge < -0.3 is 10.1 Å². The first-order valence-corrected chi connectivity index (χ1v) is 7.89. The van der Waals surface area contributed by atoms with Gasteiger partial charge in [-0.05, 0) is 31.3 Å². The van der Waals surface area contributed by atoms with Crippen molar-refractivity contribution in [2.45, 2.75) is 12.8 Å². The molecule has 0 aromatic rings. The fourth-order valence-corrected chi connectivity index (χ4v) is 4.27. The minimum atomic E-state index is -3.21. The Morgan fingerprint density at radius 1 is 1.33 bits per heavy atom. The number of ether oxygens (including phenoxy) is 1. The van der Waals surface area contributed by atoms with Crippen LogP contribution in [0.15, 0.2) is 0 Å². The Labute approximate surface area is 108 Å². The number of hydrogen-bond donors (Lipinski definition) is 1. The lowest BCUT2D eigenvalue weighted by Crippen LogP contribution is -2.33. The number of sulfonamides is 1. The highest BCUT2D eigenvalue weighted by Gasteiger charge is 2.40. The Bertz CT molecular complexity index is 397. The lowest BCUT2D eigenvalue weighted by Gasteiger charge is -2.17. The van der Waals surface area contributed by atoms with Crippen LogP contribution in [0.2, 0.25) is 0 Å². The number of esters is 1. The fourth-order valence-electron chi connectivity index (χ4n) is 2.67. The summed E-state index contributed by atoms with van der Waals surface area (Å²) >= 11 is 0. The second kappa shape index (κ2) is 5.54. The topological polar surface area (TPSA) is 75.7 Å². The molecule has 1 N–H and O–H groups in total. The quantitative estimate of drug-likeness (QED) is 0.680. The second-order valence-electron chi connectivity index (χ2n) is 4.99.